The van der Waals surface area contributed by atoms with E-state index in [1.54, 1.807) is 12.1 Å². The van der Waals surface area contributed by atoms with Gasteiger partial charge in [0.15, 0.2) is 0 Å². The number of halogens is 2. The molecule has 0 aliphatic heterocycles. The lowest BCUT2D eigenvalue weighted by Crippen LogP contribution is -1.97. The molecule has 1 atom stereocenters. The second-order valence-electron chi connectivity index (χ2n) is 4.14. The number of aliphatic hydroxyl groups excluding tert-OH is 1. The third-order valence-corrected chi connectivity index (χ3v) is 3.90. The van der Waals surface area contributed by atoms with Gasteiger partial charge in [0.05, 0.1) is 11.0 Å². The maximum atomic E-state index is 13.6. The first-order chi connectivity index (χ1) is 9.11. The smallest absolute Gasteiger partial charge is 0.137 e. The van der Waals surface area contributed by atoms with Gasteiger partial charge in [-0.25, -0.2) is 8.78 Å². The zero-order valence-electron chi connectivity index (χ0n) is 10.4. The Balaban J connectivity index is 2.35. The first kappa shape index (κ1) is 14.0. The van der Waals surface area contributed by atoms with Gasteiger partial charge in [-0.3, -0.25) is 0 Å². The van der Waals surface area contributed by atoms with Crippen LogP contribution in [0.1, 0.15) is 25.0 Å². The fourth-order valence-electron chi connectivity index (χ4n) is 1.74. The summed E-state index contributed by atoms with van der Waals surface area (Å²) in [7, 11) is 0. The molecule has 1 nitrogen and oxygen atoms in total. The lowest BCUT2D eigenvalue weighted by Gasteiger charge is -2.13. The zero-order valence-corrected chi connectivity index (χ0v) is 11.3. The molecule has 100 valence electrons. The predicted octanol–water partition coefficient (Wildman–Crippen LogP) is 4.56. The first-order valence-electron chi connectivity index (χ1n) is 6.01. The van der Waals surface area contributed by atoms with E-state index in [2.05, 4.69) is 0 Å². The van der Waals surface area contributed by atoms with Crippen molar-refractivity contribution >= 4 is 11.8 Å². The van der Waals surface area contributed by atoms with Crippen molar-refractivity contribution in [2.75, 3.05) is 0 Å². The summed E-state index contributed by atoms with van der Waals surface area (Å²) in [5.41, 5.74) is 0.735. The van der Waals surface area contributed by atoms with Gasteiger partial charge in [-0.15, -0.1) is 0 Å². The summed E-state index contributed by atoms with van der Waals surface area (Å²) in [5, 5.41) is 9.93. The fraction of sp³-hybridized carbons (Fsp3) is 0.200. The topological polar surface area (TPSA) is 20.2 Å². The van der Waals surface area contributed by atoms with Gasteiger partial charge >= 0.3 is 0 Å². The van der Waals surface area contributed by atoms with Crippen LogP contribution in [0.2, 0.25) is 0 Å². The van der Waals surface area contributed by atoms with Crippen LogP contribution < -0.4 is 0 Å². The summed E-state index contributed by atoms with van der Waals surface area (Å²) in [6.07, 6.45) is -0.0243. The lowest BCUT2D eigenvalue weighted by atomic mass is 10.1. The minimum Gasteiger partial charge on any atom is -0.388 e. The van der Waals surface area contributed by atoms with Gasteiger partial charge in [-0.1, -0.05) is 36.9 Å². The Morgan fingerprint density at radius 2 is 1.84 bits per heavy atom. The van der Waals surface area contributed by atoms with Crippen molar-refractivity contribution < 1.29 is 13.9 Å². The molecule has 19 heavy (non-hydrogen) atoms. The van der Waals surface area contributed by atoms with Gasteiger partial charge in [0.25, 0.3) is 0 Å². The molecule has 0 unspecified atom stereocenters. The molecular formula is C15H14F2OS. The molecule has 1 N–H and O–H groups in total. The highest BCUT2D eigenvalue weighted by Gasteiger charge is 2.13. The first-order valence-corrected chi connectivity index (χ1v) is 6.83. The van der Waals surface area contributed by atoms with E-state index in [4.69, 9.17) is 0 Å². The second-order valence-corrected chi connectivity index (χ2v) is 5.22. The van der Waals surface area contributed by atoms with Crippen LogP contribution in [0.25, 0.3) is 0 Å². The van der Waals surface area contributed by atoms with Crippen LogP contribution in [0, 0.1) is 11.6 Å². The minimum absolute atomic E-state index is 0.218. The summed E-state index contributed by atoms with van der Waals surface area (Å²) >= 11 is 1.12. The molecule has 0 saturated carbocycles. The monoisotopic (exact) mass is 280 g/mol. The quantitative estimate of drug-likeness (QED) is 0.886. The SMILES string of the molecule is CC[C@H](O)c1ccccc1Sc1cc(F)ccc1F. The molecule has 0 fully saturated rings. The molecule has 2 aromatic carbocycles. The Morgan fingerprint density at radius 1 is 1.11 bits per heavy atom. The maximum absolute atomic E-state index is 13.6. The zero-order chi connectivity index (χ0) is 13.8. The largest absolute Gasteiger partial charge is 0.388 e. The van der Waals surface area contributed by atoms with Crippen LogP contribution in [0.4, 0.5) is 8.78 Å². The van der Waals surface area contributed by atoms with Gasteiger partial charge in [-0.2, -0.15) is 0 Å². The van der Waals surface area contributed by atoms with E-state index in [0.29, 0.717) is 6.42 Å². The Kier molecular flexibility index (Phi) is 4.56. The molecule has 0 aliphatic carbocycles. The van der Waals surface area contributed by atoms with Gasteiger partial charge in [0, 0.05) is 4.90 Å². The Labute approximate surface area is 115 Å². The average Bonchev–Trinajstić information content (AvgIpc) is 2.42. The minimum atomic E-state index is -0.597. The standard InChI is InChI=1S/C15H14F2OS/c1-2-13(18)11-5-3-4-6-14(11)19-15-9-10(16)7-8-12(15)17/h3-9,13,18H,2H2,1H3/t13-/m0/s1. The van der Waals surface area contributed by atoms with E-state index < -0.39 is 17.7 Å². The van der Waals surface area contributed by atoms with Crippen molar-refractivity contribution in [2.45, 2.75) is 29.2 Å². The fourth-order valence-corrected chi connectivity index (χ4v) is 2.79. The van der Waals surface area contributed by atoms with Crippen LogP contribution in [-0.2, 0) is 0 Å². The number of rotatable bonds is 4. The van der Waals surface area contributed by atoms with Crippen molar-refractivity contribution in [3.63, 3.8) is 0 Å². The molecule has 0 aromatic heterocycles. The molecule has 2 rings (SSSR count). The van der Waals surface area contributed by atoms with Gasteiger partial charge in [0.2, 0.25) is 0 Å². The predicted molar refractivity (Wildman–Crippen MR) is 72.2 cm³/mol. The van der Waals surface area contributed by atoms with Crippen LogP contribution in [0.3, 0.4) is 0 Å². The molecule has 4 heteroatoms. The van der Waals surface area contributed by atoms with Crippen LogP contribution >= 0.6 is 11.8 Å². The van der Waals surface area contributed by atoms with E-state index in [0.717, 1.165) is 40.4 Å². The molecule has 2 aromatic rings. The molecular weight excluding hydrogens is 266 g/mol. The molecule has 0 amide bonds. The molecule has 0 aliphatic rings. The number of benzene rings is 2. The third kappa shape index (κ3) is 3.33. The molecule has 0 radical (unpaired) electrons. The highest BCUT2D eigenvalue weighted by Crippen LogP contribution is 2.35. The summed E-state index contributed by atoms with van der Waals surface area (Å²) in [4.78, 5) is 0.956. The Morgan fingerprint density at radius 3 is 2.58 bits per heavy atom. The Hall–Kier alpha value is -1.39. The second kappa shape index (κ2) is 6.17. The van der Waals surface area contributed by atoms with Gasteiger partial charge in [0.1, 0.15) is 11.6 Å². The van der Waals surface area contributed by atoms with Crippen molar-refractivity contribution in [3.8, 4) is 0 Å². The lowest BCUT2D eigenvalue weighted by molar-refractivity contribution is 0.171. The molecule has 0 saturated heterocycles. The highest BCUT2D eigenvalue weighted by molar-refractivity contribution is 7.99. The summed E-state index contributed by atoms with van der Waals surface area (Å²) in [6.45, 7) is 1.87. The third-order valence-electron chi connectivity index (χ3n) is 2.78. The average molecular weight is 280 g/mol. The van der Waals surface area contributed by atoms with Crippen molar-refractivity contribution in [1.82, 2.24) is 0 Å². The number of hydrogen-bond acceptors (Lipinski definition) is 2. The summed E-state index contributed by atoms with van der Waals surface area (Å²) in [6, 6.07) is 10.6. The Bertz CT molecular complexity index is 572. The summed E-state index contributed by atoms with van der Waals surface area (Å²) in [5.74, 6) is -0.940. The normalized spacial score (nSPS) is 12.4. The molecule has 0 spiro atoms. The van der Waals surface area contributed by atoms with Crippen molar-refractivity contribution in [2.24, 2.45) is 0 Å². The van der Waals surface area contributed by atoms with E-state index in [9.17, 15) is 13.9 Å². The van der Waals surface area contributed by atoms with Crippen LogP contribution in [0.5, 0.6) is 0 Å². The van der Waals surface area contributed by atoms with Gasteiger partial charge < -0.3 is 5.11 Å². The van der Waals surface area contributed by atoms with Crippen LogP contribution in [-0.4, -0.2) is 5.11 Å². The maximum Gasteiger partial charge on any atom is 0.137 e. The summed E-state index contributed by atoms with van der Waals surface area (Å²) < 4.78 is 26.8. The van der Waals surface area contributed by atoms with Gasteiger partial charge in [-0.05, 0) is 36.2 Å². The molecule has 0 bridgehead atoms. The molecule has 0 heterocycles. The van der Waals surface area contributed by atoms with Crippen molar-refractivity contribution in [3.05, 3.63) is 59.7 Å². The van der Waals surface area contributed by atoms with E-state index in [-0.39, 0.29) is 4.90 Å². The van der Waals surface area contributed by atoms with Crippen LogP contribution in [0.15, 0.2) is 52.3 Å². The highest BCUT2D eigenvalue weighted by atomic mass is 32.2. The van der Waals surface area contributed by atoms with E-state index >= 15 is 0 Å². The number of hydrogen-bond donors (Lipinski definition) is 1. The van der Waals surface area contributed by atoms with E-state index in [1.165, 1.54) is 0 Å². The van der Waals surface area contributed by atoms with Crippen molar-refractivity contribution in [1.29, 1.82) is 0 Å². The van der Waals surface area contributed by atoms with E-state index in [1.807, 2.05) is 19.1 Å². The number of aliphatic hydroxyl groups is 1.